The van der Waals surface area contributed by atoms with Crippen molar-refractivity contribution < 1.29 is 14.1 Å². The molecule has 0 radical (unpaired) electrons. The summed E-state index contributed by atoms with van der Waals surface area (Å²) in [7, 11) is 0. The number of nitrogens with zero attached hydrogens (tertiary/aromatic N) is 2. The number of aryl methyl sites for hydroxylation is 2. The number of hydrogen-bond donors (Lipinski definition) is 0. The molecule has 3 aromatic rings. The molecule has 0 saturated carbocycles. The van der Waals surface area contributed by atoms with E-state index in [1.54, 1.807) is 13.8 Å². The number of benzene rings is 2. The van der Waals surface area contributed by atoms with Gasteiger partial charge in [0.05, 0.1) is 18.4 Å². The molecule has 1 fully saturated rings. The Hall–Kier alpha value is -2.66. The second kappa shape index (κ2) is 6.92. The van der Waals surface area contributed by atoms with Crippen molar-refractivity contribution >= 4 is 16.7 Å². The summed E-state index contributed by atoms with van der Waals surface area (Å²) in [4.78, 5) is 14.7. The van der Waals surface area contributed by atoms with Crippen molar-refractivity contribution in [1.82, 2.24) is 10.1 Å². The fourth-order valence-electron chi connectivity index (χ4n) is 3.69. The van der Waals surface area contributed by atoms with E-state index in [1.165, 1.54) is 16.3 Å². The summed E-state index contributed by atoms with van der Waals surface area (Å²) < 4.78 is 11.1. The molecule has 0 unspecified atom stereocenters. The maximum atomic E-state index is 12.9. The molecule has 1 atom stereocenters. The fraction of sp³-hybridized carbons (Fsp3) is 0.333. The molecule has 5 heteroatoms. The molecule has 1 aromatic heterocycles. The van der Waals surface area contributed by atoms with E-state index in [0.717, 1.165) is 6.42 Å². The van der Waals surface area contributed by atoms with Gasteiger partial charge in [-0.05, 0) is 30.2 Å². The second-order valence-electron chi connectivity index (χ2n) is 6.79. The van der Waals surface area contributed by atoms with Crippen LogP contribution in [0.25, 0.3) is 10.8 Å². The Morgan fingerprint density at radius 2 is 2.00 bits per heavy atom. The van der Waals surface area contributed by atoms with Crippen LogP contribution in [-0.2, 0) is 11.2 Å². The minimum Gasteiger partial charge on any atom is -0.374 e. The zero-order valence-corrected chi connectivity index (χ0v) is 15.1. The topological polar surface area (TPSA) is 55.6 Å². The van der Waals surface area contributed by atoms with Crippen LogP contribution in [0.4, 0.5) is 0 Å². The Kier molecular flexibility index (Phi) is 4.47. The minimum atomic E-state index is -0.0209. The zero-order chi connectivity index (χ0) is 18.1. The number of carbonyl (C=O) groups excluding carboxylic acids is 1. The quantitative estimate of drug-likeness (QED) is 0.725. The Bertz CT molecular complexity index is 923. The van der Waals surface area contributed by atoms with E-state index in [-0.39, 0.29) is 12.0 Å². The number of fused-ring (bicyclic) bond motifs is 1. The average molecular weight is 350 g/mol. The predicted octanol–water partition coefficient (Wildman–Crippen LogP) is 3.53. The van der Waals surface area contributed by atoms with E-state index in [4.69, 9.17) is 9.26 Å². The van der Waals surface area contributed by atoms with E-state index >= 15 is 0 Å². The van der Waals surface area contributed by atoms with Gasteiger partial charge in [0.2, 0.25) is 0 Å². The highest BCUT2D eigenvalue weighted by atomic mass is 16.5. The molecule has 4 rings (SSSR count). The molecule has 1 aliphatic rings. The van der Waals surface area contributed by atoms with Gasteiger partial charge in [0.1, 0.15) is 11.3 Å². The summed E-state index contributed by atoms with van der Waals surface area (Å²) in [6.07, 6.45) is 0.770. The van der Waals surface area contributed by atoms with Gasteiger partial charge in [-0.1, -0.05) is 47.6 Å². The Balaban J connectivity index is 1.53. The van der Waals surface area contributed by atoms with Crippen LogP contribution in [0.3, 0.4) is 0 Å². The number of morpholine rings is 1. The largest absolute Gasteiger partial charge is 0.374 e. The molecule has 1 aliphatic heterocycles. The fourth-order valence-corrected chi connectivity index (χ4v) is 3.69. The third kappa shape index (κ3) is 3.10. The SMILES string of the molecule is Cc1noc(C)c1C(=O)N1CCO[C@H](Cc2cccc3ccccc23)C1. The van der Waals surface area contributed by atoms with Gasteiger partial charge < -0.3 is 14.2 Å². The maximum Gasteiger partial charge on any atom is 0.259 e. The minimum absolute atomic E-state index is 0.0148. The van der Waals surface area contributed by atoms with Crippen LogP contribution in [-0.4, -0.2) is 41.8 Å². The summed E-state index contributed by atoms with van der Waals surface area (Å²) in [5.41, 5.74) is 2.47. The summed E-state index contributed by atoms with van der Waals surface area (Å²) in [5, 5.41) is 6.37. The molecule has 134 valence electrons. The van der Waals surface area contributed by atoms with Crippen molar-refractivity contribution in [2.75, 3.05) is 19.7 Å². The molecular weight excluding hydrogens is 328 g/mol. The van der Waals surface area contributed by atoms with Crippen molar-refractivity contribution in [3.05, 3.63) is 65.0 Å². The van der Waals surface area contributed by atoms with E-state index in [9.17, 15) is 4.79 Å². The Morgan fingerprint density at radius 3 is 2.81 bits per heavy atom. The highest BCUT2D eigenvalue weighted by Crippen LogP contribution is 2.23. The van der Waals surface area contributed by atoms with Gasteiger partial charge in [-0.15, -0.1) is 0 Å². The number of carbonyl (C=O) groups is 1. The lowest BCUT2D eigenvalue weighted by molar-refractivity contribution is -0.0207. The van der Waals surface area contributed by atoms with Crippen LogP contribution in [0.5, 0.6) is 0 Å². The normalized spacial score (nSPS) is 17.6. The third-order valence-corrected chi connectivity index (χ3v) is 5.00. The smallest absolute Gasteiger partial charge is 0.259 e. The number of ether oxygens (including phenoxy) is 1. The third-order valence-electron chi connectivity index (χ3n) is 5.00. The summed E-state index contributed by atoms with van der Waals surface area (Å²) in [6, 6.07) is 14.7. The van der Waals surface area contributed by atoms with E-state index < -0.39 is 0 Å². The van der Waals surface area contributed by atoms with Crippen LogP contribution in [0, 0.1) is 13.8 Å². The lowest BCUT2D eigenvalue weighted by Gasteiger charge is -2.33. The molecular formula is C21H22N2O3. The van der Waals surface area contributed by atoms with E-state index in [2.05, 4.69) is 41.6 Å². The molecule has 26 heavy (non-hydrogen) atoms. The van der Waals surface area contributed by atoms with Crippen molar-refractivity contribution in [2.45, 2.75) is 26.4 Å². The first-order valence-electron chi connectivity index (χ1n) is 8.94. The maximum absolute atomic E-state index is 12.9. The predicted molar refractivity (Wildman–Crippen MR) is 99.3 cm³/mol. The standard InChI is InChI=1S/C21H22N2O3/c1-14-20(15(2)26-22-14)21(24)23-10-11-25-18(13-23)12-17-8-5-7-16-6-3-4-9-19(16)17/h3-9,18H,10-13H2,1-2H3/t18-/m1/s1. The van der Waals surface area contributed by atoms with Crippen LogP contribution < -0.4 is 0 Å². The average Bonchev–Trinajstić information content (AvgIpc) is 3.00. The number of aromatic nitrogens is 1. The van der Waals surface area contributed by atoms with Crippen molar-refractivity contribution in [3.63, 3.8) is 0 Å². The molecule has 0 N–H and O–H groups in total. The first kappa shape index (κ1) is 16.8. The molecule has 1 saturated heterocycles. The van der Waals surface area contributed by atoms with Gasteiger partial charge in [0.25, 0.3) is 5.91 Å². The molecule has 0 bridgehead atoms. The Labute approximate surface area is 152 Å². The summed E-state index contributed by atoms with van der Waals surface area (Å²) in [6.45, 7) is 5.30. The molecule has 2 aromatic carbocycles. The van der Waals surface area contributed by atoms with Gasteiger partial charge >= 0.3 is 0 Å². The van der Waals surface area contributed by atoms with E-state index in [0.29, 0.717) is 36.7 Å². The van der Waals surface area contributed by atoms with Crippen molar-refractivity contribution in [3.8, 4) is 0 Å². The molecule has 5 nitrogen and oxygen atoms in total. The molecule has 0 aliphatic carbocycles. The van der Waals surface area contributed by atoms with E-state index in [1.807, 2.05) is 11.0 Å². The lowest BCUT2D eigenvalue weighted by atomic mass is 9.99. The number of amides is 1. The Morgan fingerprint density at radius 1 is 1.19 bits per heavy atom. The van der Waals surface area contributed by atoms with Gasteiger partial charge in [-0.2, -0.15) is 0 Å². The van der Waals surface area contributed by atoms with Crippen molar-refractivity contribution in [2.24, 2.45) is 0 Å². The van der Waals surface area contributed by atoms with Crippen LogP contribution >= 0.6 is 0 Å². The van der Waals surface area contributed by atoms with Gasteiger partial charge in [-0.3, -0.25) is 4.79 Å². The summed E-state index contributed by atoms with van der Waals surface area (Å²) >= 11 is 0. The second-order valence-corrected chi connectivity index (χ2v) is 6.79. The highest BCUT2D eigenvalue weighted by Gasteiger charge is 2.29. The van der Waals surface area contributed by atoms with Crippen LogP contribution in [0.1, 0.15) is 27.4 Å². The van der Waals surface area contributed by atoms with Crippen LogP contribution in [0.2, 0.25) is 0 Å². The zero-order valence-electron chi connectivity index (χ0n) is 15.1. The lowest BCUT2D eigenvalue weighted by Crippen LogP contribution is -2.46. The highest BCUT2D eigenvalue weighted by molar-refractivity contribution is 5.96. The van der Waals surface area contributed by atoms with Crippen molar-refractivity contribution in [1.29, 1.82) is 0 Å². The molecule has 0 spiro atoms. The molecule has 2 heterocycles. The van der Waals surface area contributed by atoms with Crippen LogP contribution in [0.15, 0.2) is 47.0 Å². The number of rotatable bonds is 3. The first-order valence-corrected chi connectivity index (χ1v) is 8.94. The molecule has 1 amide bonds. The van der Waals surface area contributed by atoms with Gasteiger partial charge in [0.15, 0.2) is 0 Å². The number of hydrogen-bond acceptors (Lipinski definition) is 4. The van der Waals surface area contributed by atoms with Gasteiger partial charge in [-0.25, -0.2) is 0 Å². The monoisotopic (exact) mass is 350 g/mol. The van der Waals surface area contributed by atoms with Gasteiger partial charge in [0, 0.05) is 19.5 Å². The summed E-state index contributed by atoms with van der Waals surface area (Å²) in [5.74, 6) is 0.553. The first-order chi connectivity index (χ1) is 12.6.